The number of carboxylic acids is 3. The van der Waals surface area contributed by atoms with E-state index in [1.165, 1.54) is 12.4 Å². The number of nitriles is 1. The molecule has 3 aliphatic rings. The van der Waals surface area contributed by atoms with Gasteiger partial charge in [-0.25, -0.2) is 29.3 Å². The van der Waals surface area contributed by atoms with E-state index in [0.717, 1.165) is 48.0 Å². The van der Waals surface area contributed by atoms with E-state index in [1.54, 1.807) is 6.20 Å². The van der Waals surface area contributed by atoms with Crippen molar-refractivity contribution in [1.82, 2.24) is 44.9 Å². The van der Waals surface area contributed by atoms with Crippen LogP contribution in [-0.4, -0.2) is 123 Å². The van der Waals surface area contributed by atoms with Gasteiger partial charge in [0, 0.05) is 61.1 Å². The van der Waals surface area contributed by atoms with Crippen molar-refractivity contribution < 1.29 is 87.1 Å². The van der Waals surface area contributed by atoms with Crippen molar-refractivity contribution in [1.29, 1.82) is 5.26 Å². The van der Waals surface area contributed by atoms with Gasteiger partial charge in [0.1, 0.15) is 23.6 Å². The average molecular weight is 935 g/mol. The Morgan fingerprint density at radius 2 is 1.42 bits per heavy atom. The van der Waals surface area contributed by atoms with E-state index in [1.807, 2.05) is 23.1 Å². The smallest absolute Gasteiger partial charge is 0.475 e. The SMILES string of the molecule is N#CCC1(n2cc(-c3ncnc4[nH]ccc34)cn2)CN(C2CCC(Oc3cc(CNC4CC4)nc(C(F)(F)F)n3)CC2)C1.O=C(O)C(F)(F)F.O=C(O)C(F)(F)F.O=C(O)C(F)(F)F. The van der Waals surface area contributed by atoms with E-state index >= 15 is 0 Å². The first-order valence-electron chi connectivity index (χ1n) is 18.3. The number of carboxylic acid groups (broad SMARTS) is 3. The Morgan fingerprint density at radius 3 is 1.92 bits per heavy atom. The van der Waals surface area contributed by atoms with Gasteiger partial charge in [0.15, 0.2) is 0 Å². The Bertz CT molecular complexity index is 2220. The summed E-state index contributed by atoms with van der Waals surface area (Å²) in [6.07, 6.45) is -7.52. The standard InChI is InChI=1S/C29H31F3N10O.3C2HF3O2/c30-29(31,32)27-39-20(13-35-19-1-2-19)11-24(40-27)43-22-5-3-21(4-6-22)41-15-28(16-41,8-9-33)42-14-18(12-38-42)25-23-7-10-34-26(23)37-17-36-25;3*3-2(4,5)1(6)7/h7,10-12,14,17,19,21-22,35H,1-6,8,13,15-16H2,(H,34,36,37);3*(H,6,7). The summed E-state index contributed by atoms with van der Waals surface area (Å²) in [6.45, 7) is 1.64. The van der Waals surface area contributed by atoms with Crippen molar-refractivity contribution in [2.45, 2.75) is 99.9 Å². The van der Waals surface area contributed by atoms with Crippen LogP contribution in [0.1, 0.15) is 56.5 Å². The Kier molecular flexibility index (Phi) is 15.8. The molecule has 29 heteroatoms. The Hall–Kier alpha value is -6.31. The normalized spacial score (nSPS) is 18.7. The quantitative estimate of drug-likeness (QED) is 0.119. The molecule has 1 aliphatic heterocycles. The minimum absolute atomic E-state index is 0.0227. The minimum atomic E-state index is -5.08. The number of ether oxygens (including phenoxy) is 1. The number of fused-ring (bicyclic) bond motifs is 1. The lowest BCUT2D eigenvalue weighted by Gasteiger charge is -2.53. The maximum Gasteiger partial charge on any atom is 0.490 e. The number of H-pyrrole nitrogens is 1. The molecule has 350 valence electrons. The van der Waals surface area contributed by atoms with Crippen molar-refractivity contribution in [2.24, 2.45) is 0 Å². The number of aliphatic carboxylic acids is 3. The molecule has 0 spiro atoms. The van der Waals surface area contributed by atoms with Crippen LogP contribution in [0.3, 0.4) is 0 Å². The highest BCUT2D eigenvalue weighted by atomic mass is 19.4. The summed E-state index contributed by atoms with van der Waals surface area (Å²) in [5.74, 6) is -9.46. The number of nitrogens with zero attached hydrogens (tertiary/aromatic N) is 8. The van der Waals surface area contributed by atoms with E-state index in [2.05, 4.69) is 46.3 Å². The number of nitrogens with one attached hydrogen (secondary N) is 2. The highest BCUT2D eigenvalue weighted by molar-refractivity contribution is 5.90. The minimum Gasteiger partial charge on any atom is -0.475 e. The fourth-order valence-electron chi connectivity index (χ4n) is 6.25. The molecule has 0 amide bonds. The van der Waals surface area contributed by atoms with Crippen molar-refractivity contribution in [3.8, 4) is 23.2 Å². The molecule has 4 aromatic heterocycles. The van der Waals surface area contributed by atoms with Crippen molar-refractivity contribution in [3.05, 3.63) is 48.6 Å². The number of rotatable bonds is 9. The number of carbonyl (C=O) groups is 3. The lowest BCUT2D eigenvalue weighted by molar-refractivity contribution is -0.193. The highest BCUT2D eigenvalue weighted by Gasteiger charge is 2.48. The van der Waals surface area contributed by atoms with Gasteiger partial charge in [-0.15, -0.1) is 0 Å². The molecule has 1 saturated heterocycles. The predicted molar refractivity (Wildman–Crippen MR) is 190 cm³/mol. The molecule has 2 aliphatic carbocycles. The highest BCUT2D eigenvalue weighted by Crippen LogP contribution is 2.39. The second-order valence-electron chi connectivity index (χ2n) is 14.2. The fraction of sp³-hybridized carbons (Fsp3) is 0.514. The predicted octanol–water partition coefficient (Wildman–Crippen LogP) is 6.10. The van der Waals surface area contributed by atoms with E-state index in [9.17, 15) is 57.9 Å². The largest absolute Gasteiger partial charge is 0.490 e. The lowest BCUT2D eigenvalue weighted by atomic mass is 9.82. The maximum atomic E-state index is 13.5. The van der Waals surface area contributed by atoms with Gasteiger partial charge in [-0.05, 0) is 44.6 Å². The second-order valence-corrected chi connectivity index (χ2v) is 14.2. The third kappa shape index (κ3) is 14.1. The van der Waals surface area contributed by atoms with Crippen molar-refractivity contribution >= 4 is 28.9 Å². The third-order valence-corrected chi connectivity index (χ3v) is 9.43. The zero-order valence-electron chi connectivity index (χ0n) is 32.4. The van der Waals surface area contributed by atoms with Crippen LogP contribution < -0.4 is 10.1 Å². The van der Waals surface area contributed by atoms with Crippen molar-refractivity contribution in [3.63, 3.8) is 0 Å². The van der Waals surface area contributed by atoms with Crippen LogP contribution in [0.2, 0.25) is 0 Å². The van der Waals surface area contributed by atoms with Gasteiger partial charge in [0.2, 0.25) is 11.7 Å². The molecule has 7 rings (SSSR count). The number of aromatic amines is 1. The molecule has 3 fully saturated rings. The number of alkyl halides is 12. The maximum absolute atomic E-state index is 13.5. The van der Waals surface area contributed by atoms with Gasteiger partial charge >= 0.3 is 42.6 Å². The molecular weight excluding hydrogens is 900 g/mol. The van der Waals surface area contributed by atoms with Crippen LogP contribution in [-0.2, 0) is 32.6 Å². The molecule has 0 bridgehead atoms. The zero-order valence-corrected chi connectivity index (χ0v) is 32.4. The second kappa shape index (κ2) is 20.0. The van der Waals surface area contributed by atoms with Crippen LogP contribution in [0.25, 0.3) is 22.3 Å². The van der Waals surface area contributed by atoms with Crippen LogP contribution in [0, 0.1) is 11.3 Å². The lowest BCUT2D eigenvalue weighted by Crippen LogP contribution is -2.65. The van der Waals surface area contributed by atoms with Crippen molar-refractivity contribution in [2.75, 3.05) is 13.1 Å². The molecule has 5 heterocycles. The first-order valence-corrected chi connectivity index (χ1v) is 18.3. The Morgan fingerprint density at radius 1 is 0.859 bits per heavy atom. The fourth-order valence-corrected chi connectivity index (χ4v) is 6.25. The molecule has 4 aromatic rings. The summed E-state index contributed by atoms with van der Waals surface area (Å²) in [6, 6.07) is 6.45. The summed E-state index contributed by atoms with van der Waals surface area (Å²) in [5, 5.41) is 39.8. The summed E-state index contributed by atoms with van der Waals surface area (Å²) in [5.41, 5.74) is 2.27. The summed E-state index contributed by atoms with van der Waals surface area (Å²) < 4.78 is 143. The molecule has 2 saturated carbocycles. The zero-order chi connectivity index (χ0) is 47.8. The Labute approximate surface area is 351 Å². The van der Waals surface area contributed by atoms with E-state index in [4.69, 9.17) is 34.4 Å². The third-order valence-electron chi connectivity index (χ3n) is 9.43. The number of aromatic nitrogens is 7. The van der Waals surface area contributed by atoms with E-state index in [-0.39, 0.29) is 24.2 Å². The summed E-state index contributed by atoms with van der Waals surface area (Å²) in [4.78, 5) is 48.3. The van der Waals surface area contributed by atoms with Gasteiger partial charge in [-0.3, -0.25) is 9.58 Å². The molecule has 0 atom stereocenters. The number of likely N-dealkylation sites (tertiary alicyclic amines) is 1. The molecule has 0 radical (unpaired) electrons. The first kappa shape index (κ1) is 50.3. The summed E-state index contributed by atoms with van der Waals surface area (Å²) in [7, 11) is 0. The molecular formula is C35H34F12N10O7. The molecule has 5 N–H and O–H groups in total. The molecule has 0 aromatic carbocycles. The first-order chi connectivity index (χ1) is 29.6. The van der Waals surface area contributed by atoms with Gasteiger partial charge < -0.3 is 30.4 Å². The molecule has 64 heavy (non-hydrogen) atoms. The number of halogens is 12. The van der Waals surface area contributed by atoms with Crippen LogP contribution in [0.4, 0.5) is 52.7 Å². The Balaban J connectivity index is 0.000000355. The van der Waals surface area contributed by atoms with E-state index < -0.39 is 54.0 Å². The van der Waals surface area contributed by atoms with Crippen LogP contribution in [0.15, 0.2) is 37.1 Å². The monoisotopic (exact) mass is 934 g/mol. The molecule has 17 nitrogen and oxygen atoms in total. The topological polar surface area (TPSA) is 245 Å². The van der Waals surface area contributed by atoms with E-state index in [0.29, 0.717) is 44.4 Å². The number of hydrogen-bond donors (Lipinski definition) is 5. The number of hydrogen-bond acceptors (Lipinski definition) is 12. The van der Waals surface area contributed by atoms with Gasteiger partial charge in [-0.1, -0.05) is 0 Å². The molecule has 0 unspecified atom stereocenters. The van der Waals surface area contributed by atoms with Gasteiger partial charge in [0.25, 0.3) is 0 Å². The van der Waals surface area contributed by atoms with Gasteiger partial charge in [0.05, 0.1) is 30.1 Å². The van der Waals surface area contributed by atoms with Crippen LogP contribution >= 0.6 is 0 Å². The van der Waals surface area contributed by atoms with Gasteiger partial charge in [-0.2, -0.15) is 68.0 Å². The summed E-state index contributed by atoms with van der Waals surface area (Å²) >= 11 is 0. The average Bonchev–Trinajstić information content (AvgIpc) is 3.64. The van der Waals surface area contributed by atoms with Crippen LogP contribution in [0.5, 0.6) is 5.88 Å².